The lowest BCUT2D eigenvalue weighted by Crippen LogP contribution is -2.20. The molecule has 6 heteroatoms. The van der Waals surface area contributed by atoms with Crippen LogP contribution in [0.25, 0.3) is 0 Å². The largest absolute Gasteiger partial charge is 0.478 e. The number of hydrogen-bond donors (Lipinski definition) is 2. The molecule has 0 fully saturated rings. The second kappa shape index (κ2) is 6.76. The number of hydrogen-bond acceptors (Lipinski definition) is 4. The predicted octanol–water partition coefficient (Wildman–Crippen LogP) is 3.13. The zero-order valence-corrected chi connectivity index (χ0v) is 14.1. The first-order valence-corrected chi connectivity index (χ1v) is 8.06. The molecule has 2 aromatic rings. The molecule has 0 atom stereocenters. The molecule has 128 valence electrons. The average molecular weight is 337 g/mol. The highest BCUT2D eigenvalue weighted by atomic mass is 16.4. The predicted molar refractivity (Wildman–Crippen MR) is 97.4 cm³/mol. The zero-order chi connectivity index (χ0) is 18.0. The van der Waals surface area contributed by atoms with Crippen LogP contribution in [0, 0.1) is 0 Å². The molecule has 25 heavy (non-hydrogen) atoms. The highest BCUT2D eigenvalue weighted by Gasteiger charge is 2.24. The number of rotatable bonds is 5. The molecule has 0 saturated heterocycles. The summed E-state index contributed by atoms with van der Waals surface area (Å²) in [6.45, 7) is 1.98. The summed E-state index contributed by atoms with van der Waals surface area (Å²) >= 11 is 0. The Morgan fingerprint density at radius 1 is 1.28 bits per heavy atom. The molecule has 1 aliphatic heterocycles. The fourth-order valence-corrected chi connectivity index (χ4v) is 2.89. The van der Waals surface area contributed by atoms with Gasteiger partial charge in [0.05, 0.1) is 23.4 Å². The molecule has 2 N–H and O–H groups in total. The molecule has 0 aromatic heterocycles. The molecule has 6 nitrogen and oxygen atoms in total. The maximum atomic E-state index is 11.8. The van der Waals surface area contributed by atoms with Crippen molar-refractivity contribution in [1.29, 1.82) is 0 Å². The molecule has 3 rings (SSSR count). The van der Waals surface area contributed by atoms with Crippen molar-refractivity contribution in [3.05, 3.63) is 59.2 Å². The van der Waals surface area contributed by atoms with Crippen LogP contribution in [0.3, 0.4) is 0 Å². The number of carbonyl (C=O) groups is 2. The van der Waals surface area contributed by atoms with Crippen molar-refractivity contribution in [2.75, 3.05) is 17.4 Å². The number of carboxylic acids is 1. The molecule has 0 aliphatic carbocycles. The van der Waals surface area contributed by atoms with E-state index >= 15 is 0 Å². The minimum atomic E-state index is -1.00. The summed E-state index contributed by atoms with van der Waals surface area (Å²) in [5.74, 6) is -0.925. The van der Waals surface area contributed by atoms with E-state index in [4.69, 9.17) is 0 Å². The molecule has 0 saturated carbocycles. The van der Waals surface area contributed by atoms with Gasteiger partial charge in [0.1, 0.15) is 0 Å². The van der Waals surface area contributed by atoms with E-state index in [2.05, 4.69) is 10.5 Å². The van der Waals surface area contributed by atoms with E-state index in [0.717, 1.165) is 22.5 Å². The second-order valence-electron chi connectivity index (χ2n) is 5.85. The number of hydrazone groups is 1. The van der Waals surface area contributed by atoms with E-state index in [1.165, 1.54) is 6.07 Å². The summed E-state index contributed by atoms with van der Waals surface area (Å²) < 4.78 is 0. The summed E-state index contributed by atoms with van der Waals surface area (Å²) in [6, 6.07) is 12.5. The summed E-state index contributed by atoms with van der Waals surface area (Å²) in [6.07, 6.45) is 1.07. The number of carbonyl (C=O) groups excluding carboxylic acids is 1. The SMILES string of the molecule is CCC(=NNc1ccccc1C(=O)O)c1ccc2c(c1)CC(=O)N2C. The van der Waals surface area contributed by atoms with Gasteiger partial charge in [0, 0.05) is 12.7 Å². The normalized spacial score (nSPS) is 13.8. The molecule has 1 amide bonds. The minimum Gasteiger partial charge on any atom is -0.478 e. The number of aromatic carboxylic acids is 1. The van der Waals surface area contributed by atoms with Crippen molar-refractivity contribution in [3.63, 3.8) is 0 Å². The van der Waals surface area contributed by atoms with Crippen LogP contribution in [0.1, 0.15) is 34.8 Å². The molecule has 1 heterocycles. The molecule has 2 aromatic carbocycles. The molecular weight excluding hydrogens is 318 g/mol. The van der Waals surface area contributed by atoms with Gasteiger partial charge in [-0.25, -0.2) is 4.79 Å². The van der Waals surface area contributed by atoms with E-state index in [9.17, 15) is 14.7 Å². The van der Waals surface area contributed by atoms with E-state index in [-0.39, 0.29) is 11.5 Å². The number of benzene rings is 2. The Balaban J connectivity index is 1.89. The first-order chi connectivity index (χ1) is 12.0. The highest BCUT2D eigenvalue weighted by molar-refractivity contribution is 6.05. The summed E-state index contributed by atoms with van der Waals surface area (Å²) in [7, 11) is 1.77. The number of likely N-dealkylation sites (N-methyl/N-ethyl adjacent to an activating group) is 1. The Labute approximate surface area is 145 Å². The van der Waals surface area contributed by atoms with Crippen LogP contribution in [0.4, 0.5) is 11.4 Å². The molecule has 0 radical (unpaired) electrons. The average Bonchev–Trinajstić information content (AvgIpc) is 2.89. The number of anilines is 2. The van der Waals surface area contributed by atoms with Crippen molar-refractivity contribution in [2.45, 2.75) is 19.8 Å². The van der Waals surface area contributed by atoms with Gasteiger partial charge in [0.2, 0.25) is 5.91 Å². The van der Waals surface area contributed by atoms with Crippen LogP contribution in [0.15, 0.2) is 47.6 Å². The molecule has 1 aliphatic rings. The van der Waals surface area contributed by atoms with E-state index in [0.29, 0.717) is 18.5 Å². The number of fused-ring (bicyclic) bond motifs is 1. The molecule has 0 unspecified atom stereocenters. The Morgan fingerprint density at radius 3 is 2.76 bits per heavy atom. The third kappa shape index (κ3) is 3.24. The van der Waals surface area contributed by atoms with Crippen LogP contribution < -0.4 is 10.3 Å². The van der Waals surface area contributed by atoms with E-state index in [1.54, 1.807) is 30.1 Å². The zero-order valence-electron chi connectivity index (χ0n) is 14.1. The lowest BCUT2D eigenvalue weighted by Gasteiger charge is -2.12. The minimum absolute atomic E-state index is 0.0793. The third-order valence-corrected chi connectivity index (χ3v) is 4.29. The van der Waals surface area contributed by atoms with Crippen LogP contribution >= 0.6 is 0 Å². The van der Waals surface area contributed by atoms with Gasteiger partial charge in [-0.05, 0) is 41.8 Å². The smallest absolute Gasteiger partial charge is 0.337 e. The lowest BCUT2D eigenvalue weighted by molar-refractivity contribution is -0.117. The van der Waals surface area contributed by atoms with Crippen LogP contribution in [-0.2, 0) is 11.2 Å². The summed E-state index contributed by atoms with van der Waals surface area (Å²) in [5, 5.41) is 13.6. The van der Waals surface area contributed by atoms with Gasteiger partial charge in [-0.1, -0.05) is 25.1 Å². The van der Waals surface area contributed by atoms with Gasteiger partial charge in [0.15, 0.2) is 0 Å². The Bertz CT molecular complexity index is 874. The molecular formula is C19H19N3O3. The highest BCUT2D eigenvalue weighted by Crippen LogP contribution is 2.28. The van der Waals surface area contributed by atoms with Gasteiger partial charge >= 0.3 is 5.97 Å². The lowest BCUT2D eigenvalue weighted by atomic mass is 10.0. The standard InChI is InChI=1S/C19H19N3O3/c1-3-15(20-21-16-7-5-4-6-14(16)19(24)25)12-8-9-17-13(10-12)11-18(23)22(17)2/h4-10,21H,3,11H2,1-2H3,(H,24,25). The Hall–Kier alpha value is -3.15. The van der Waals surface area contributed by atoms with Gasteiger partial charge in [-0.2, -0.15) is 5.10 Å². The summed E-state index contributed by atoms with van der Waals surface area (Å²) in [5.41, 5.74) is 7.10. The number of nitrogens with one attached hydrogen (secondary N) is 1. The van der Waals surface area contributed by atoms with Gasteiger partial charge in [-0.15, -0.1) is 0 Å². The molecule has 0 spiro atoms. The van der Waals surface area contributed by atoms with Gasteiger partial charge < -0.3 is 10.0 Å². The van der Waals surface area contributed by atoms with Crippen molar-refractivity contribution in [3.8, 4) is 0 Å². The summed E-state index contributed by atoms with van der Waals surface area (Å²) in [4.78, 5) is 24.7. The third-order valence-electron chi connectivity index (χ3n) is 4.29. The first-order valence-electron chi connectivity index (χ1n) is 8.06. The second-order valence-corrected chi connectivity index (χ2v) is 5.85. The van der Waals surface area contributed by atoms with Crippen molar-refractivity contribution < 1.29 is 14.7 Å². The monoisotopic (exact) mass is 337 g/mol. The fourth-order valence-electron chi connectivity index (χ4n) is 2.89. The topological polar surface area (TPSA) is 82.0 Å². The van der Waals surface area contributed by atoms with Crippen molar-refractivity contribution in [1.82, 2.24) is 0 Å². The first kappa shape index (κ1) is 16.7. The van der Waals surface area contributed by atoms with Crippen LogP contribution in [0.5, 0.6) is 0 Å². The van der Waals surface area contributed by atoms with Gasteiger partial charge in [-0.3, -0.25) is 10.2 Å². The number of nitrogens with zero attached hydrogens (tertiary/aromatic N) is 2. The Morgan fingerprint density at radius 2 is 2.04 bits per heavy atom. The van der Waals surface area contributed by atoms with E-state index < -0.39 is 5.97 Å². The maximum Gasteiger partial charge on any atom is 0.337 e. The number of carboxylic acid groups (broad SMARTS) is 1. The van der Waals surface area contributed by atoms with Crippen LogP contribution in [-0.4, -0.2) is 29.7 Å². The van der Waals surface area contributed by atoms with E-state index in [1.807, 2.05) is 25.1 Å². The molecule has 0 bridgehead atoms. The quantitative estimate of drug-likeness (QED) is 0.649. The van der Waals surface area contributed by atoms with Crippen LogP contribution in [0.2, 0.25) is 0 Å². The van der Waals surface area contributed by atoms with Gasteiger partial charge in [0.25, 0.3) is 0 Å². The number of amides is 1. The van der Waals surface area contributed by atoms with Crippen molar-refractivity contribution in [2.24, 2.45) is 5.10 Å². The fraction of sp³-hybridized carbons (Fsp3) is 0.211. The maximum absolute atomic E-state index is 11.8. The van der Waals surface area contributed by atoms with Crippen molar-refractivity contribution >= 4 is 29.0 Å². The number of para-hydroxylation sites is 1. The Kier molecular flexibility index (Phi) is 4.52.